The quantitative estimate of drug-likeness (QED) is 0.432. The molecule has 0 heterocycles. The summed E-state index contributed by atoms with van der Waals surface area (Å²) in [4.78, 5) is 11.4. The van der Waals surface area contributed by atoms with Gasteiger partial charge in [-0.3, -0.25) is 0 Å². The second kappa shape index (κ2) is 6.52. The standard InChI is InChI=1S/C14H28O3Si/c1-9-16-13(15)10-11(2)12(3)17-18(7,8)14(4,5)6/h10,12H,9H2,1-8H3/b11-10+/t12-/m0/s1. The van der Waals surface area contributed by atoms with E-state index in [1.165, 1.54) is 6.08 Å². The number of rotatable bonds is 5. The molecule has 4 heteroatoms. The summed E-state index contributed by atoms with van der Waals surface area (Å²) in [5.74, 6) is -0.291. The third-order valence-corrected chi connectivity index (χ3v) is 8.11. The molecule has 0 aliphatic rings. The van der Waals surface area contributed by atoms with Crippen molar-refractivity contribution in [2.24, 2.45) is 0 Å². The van der Waals surface area contributed by atoms with Gasteiger partial charge in [-0.2, -0.15) is 0 Å². The van der Waals surface area contributed by atoms with Crippen molar-refractivity contribution in [1.82, 2.24) is 0 Å². The van der Waals surface area contributed by atoms with Crippen LogP contribution in [0.4, 0.5) is 0 Å². The van der Waals surface area contributed by atoms with E-state index in [1.807, 2.05) is 13.8 Å². The van der Waals surface area contributed by atoms with Gasteiger partial charge in [0, 0.05) is 6.08 Å². The second-order valence-corrected chi connectivity index (χ2v) is 10.9. The van der Waals surface area contributed by atoms with Crippen LogP contribution in [-0.2, 0) is 14.0 Å². The van der Waals surface area contributed by atoms with Crippen molar-refractivity contribution in [3.63, 3.8) is 0 Å². The molecule has 0 rings (SSSR count). The SMILES string of the molecule is CCOC(=O)/C=C(\C)[C@H](C)O[Si](C)(C)C(C)(C)C. The van der Waals surface area contributed by atoms with E-state index in [9.17, 15) is 4.79 Å². The van der Waals surface area contributed by atoms with E-state index in [-0.39, 0.29) is 17.1 Å². The number of carbonyl (C=O) groups excluding carboxylic acids is 1. The summed E-state index contributed by atoms with van der Waals surface area (Å²) in [6.45, 7) is 17.1. The van der Waals surface area contributed by atoms with E-state index in [1.54, 1.807) is 6.92 Å². The van der Waals surface area contributed by atoms with Crippen LogP contribution < -0.4 is 0 Å². The fourth-order valence-electron chi connectivity index (χ4n) is 1.20. The fraction of sp³-hybridized carbons (Fsp3) is 0.786. The topological polar surface area (TPSA) is 35.5 Å². The molecular weight excluding hydrogens is 244 g/mol. The Kier molecular flexibility index (Phi) is 6.30. The lowest BCUT2D eigenvalue weighted by Gasteiger charge is -2.38. The monoisotopic (exact) mass is 272 g/mol. The van der Waals surface area contributed by atoms with E-state index < -0.39 is 8.32 Å². The summed E-state index contributed by atoms with van der Waals surface area (Å²) in [6.07, 6.45) is 1.48. The molecule has 3 nitrogen and oxygen atoms in total. The smallest absolute Gasteiger partial charge is 0.330 e. The first-order valence-corrected chi connectivity index (χ1v) is 9.45. The van der Waals surface area contributed by atoms with Gasteiger partial charge < -0.3 is 9.16 Å². The van der Waals surface area contributed by atoms with E-state index in [4.69, 9.17) is 9.16 Å². The zero-order valence-electron chi connectivity index (χ0n) is 13.1. The highest BCUT2D eigenvalue weighted by atomic mass is 28.4. The van der Waals surface area contributed by atoms with Crippen molar-refractivity contribution in [2.75, 3.05) is 6.61 Å². The van der Waals surface area contributed by atoms with Crippen molar-refractivity contribution in [3.05, 3.63) is 11.6 Å². The Balaban J connectivity index is 4.68. The second-order valence-electron chi connectivity index (χ2n) is 6.16. The average Bonchev–Trinajstić information content (AvgIpc) is 2.15. The van der Waals surface area contributed by atoms with E-state index >= 15 is 0 Å². The molecular formula is C14H28O3Si. The molecule has 0 aliphatic carbocycles. The Hall–Kier alpha value is -0.613. The molecule has 0 radical (unpaired) electrons. The summed E-state index contributed by atoms with van der Waals surface area (Å²) >= 11 is 0. The molecule has 0 aromatic carbocycles. The predicted molar refractivity (Wildman–Crippen MR) is 78.1 cm³/mol. The predicted octanol–water partition coefficient (Wildman–Crippen LogP) is 3.91. The number of carbonyl (C=O) groups is 1. The number of hydrogen-bond acceptors (Lipinski definition) is 3. The van der Waals surface area contributed by atoms with Gasteiger partial charge >= 0.3 is 5.97 Å². The van der Waals surface area contributed by atoms with Gasteiger partial charge in [-0.05, 0) is 44.5 Å². The highest BCUT2D eigenvalue weighted by Gasteiger charge is 2.38. The molecule has 0 aromatic rings. The molecule has 18 heavy (non-hydrogen) atoms. The van der Waals surface area contributed by atoms with Crippen LogP contribution in [0, 0.1) is 0 Å². The van der Waals surface area contributed by atoms with E-state index in [0.717, 1.165) is 5.57 Å². The van der Waals surface area contributed by atoms with Gasteiger partial charge in [0.05, 0.1) is 12.7 Å². The van der Waals surface area contributed by atoms with Gasteiger partial charge in [0.2, 0.25) is 0 Å². The minimum absolute atomic E-state index is 0.0460. The highest BCUT2D eigenvalue weighted by molar-refractivity contribution is 6.74. The fourth-order valence-corrected chi connectivity index (χ4v) is 2.62. The van der Waals surface area contributed by atoms with Gasteiger partial charge in [0.15, 0.2) is 8.32 Å². The highest BCUT2D eigenvalue weighted by Crippen LogP contribution is 2.37. The molecule has 1 atom stereocenters. The largest absolute Gasteiger partial charge is 0.463 e. The molecule has 0 amide bonds. The van der Waals surface area contributed by atoms with Crippen LogP contribution in [0.15, 0.2) is 11.6 Å². The number of hydrogen-bond donors (Lipinski definition) is 0. The van der Waals surface area contributed by atoms with Gasteiger partial charge in [0.1, 0.15) is 0 Å². The summed E-state index contributed by atoms with van der Waals surface area (Å²) < 4.78 is 11.1. The molecule has 106 valence electrons. The molecule has 0 N–H and O–H groups in total. The molecule has 0 saturated heterocycles. The Morgan fingerprint density at radius 2 is 1.83 bits per heavy atom. The minimum atomic E-state index is -1.79. The van der Waals surface area contributed by atoms with E-state index in [0.29, 0.717) is 6.61 Å². The van der Waals surface area contributed by atoms with Crippen LogP contribution in [0.25, 0.3) is 0 Å². The van der Waals surface area contributed by atoms with Gasteiger partial charge in [0.25, 0.3) is 0 Å². The van der Waals surface area contributed by atoms with Crippen LogP contribution in [-0.4, -0.2) is 27.0 Å². The van der Waals surface area contributed by atoms with Gasteiger partial charge in [-0.15, -0.1) is 0 Å². The molecule has 0 spiro atoms. The lowest BCUT2D eigenvalue weighted by atomic mass is 10.2. The number of esters is 1. The normalized spacial score (nSPS) is 15.4. The Labute approximate surface area is 113 Å². The first kappa shape index (κ1) is 17.4. The third kappa shape index (κ3) is 5.36. The van der Waals surface area contributed by atoms with Gasteiger partial charge in [-0.1, -0.05) is 20.8 Å². The molecule has 0 aliphatic heterocycles. The van der Waals surface area contributed by atoms with Crippen molar-refractivity contribution in [3.8, 4) is 0 Å². The maximum atomic E-state index is 11.4. The van der Waals surface area contributed by atoms with Crippen LogP contribution in [0.2, 0.25) is 18.1 Å². The molecule has 0 unspecified atom stereocenters. The van der Waals surface area contributed by atoms with Crippen molar-refractivity contribution >= 4 is 14.3 Å². The lowest BCUT2D eigenvalue weighted by Crippen LogP contribution is -2.43. The maximum absolute atomic E-state index is 11.4. The summed E-state index contributed by atoms with van der Waals surface area (Å²) in [7, 11) is -1.79. The van der Waals surface area contributed by atoms with Crippen LogP contribution in [0.1, 0.15) is 41.5 Å². The van der Waals surface area contributed by atoms with Gasteiger partial charge in [-0.25, -0.2) is 4.79 Å². The van der Waals surface area contributed by atoms with Crippen LogP contribution >= 0.6 is 0 Å². The first-order chi connectivity index (χ1) is 8.01. The zero-order valence-corrected chi connectivity index (χ0v) is 14.1. The maximum Gasteiger partial charge on any atom is 0.330 e. The van der Waals surface area contributed by atoms with Crippen LogP contribution in [0.3, 0.4) is 0 Å². The Morgan fingerprint density at radius 3 is 2.22 bits per heavy atom. The lowest BCUT2D eigenvalue weighted by molar-refractivity contribution is -0.137. The minimum Gasteiger partial charge on any atom is -0.463 e. The summed E-state index contributed by atoms with van der Waals surface area (Å²) in [6, 6.07) is 0. The molecule has 0 fully saturated rings. The van der Waals surface area contributed by atoms with Crippen molar-refractivity contribution in [1.29, 1.82) is 0 Å². The molecule has 0 aromatic heterocycles. The molecule has 0 bridgehead atoms. The summed E-state index contributed by atoms with van der Waals surface area (Å²) in [5.41, 5.74) is 0.915. The molecule has 0 saturated carbocycles. The van der Waals surface area contributed by atoms with Crippen molar-refractivity contribution < 1.29 is 14.0 Å². The van der Waals surface area contributed by atoms with E-state index in [2.05, 4.69) is 33.9 Å². The van der Waals surface area contributed by atoms with Crippen LogP contribution in [0.5, 0.6) is 0 Å². The Morgan fingerprint density at radius 1 is 1.33 bits per heavy atom. The Bertz CT molecular complexity index is 313. The average molecular weight is 272 g/mol. The number of ether oxygens (including phenoxy) is 1. The first-order valence-electron chi connectivity index (χ1n) is 6.54. The zero-order chi connectivity index (χ0) is 14.6. The summed E-state index contributed by atoms with van der Waals surface area (Å²) in [5, 5.41) is 0.172. The third-order valence-electron chi connectivity index (χ3n) is 3.55. The van der Waals surface area contributed by atoms with Crippen molar-refractivity contribution in [2.45, 2.75) is 65.8 Å².